The van der Waals surface area contributed by atoms with Gasteiger partial charge in [0.05, 0.1) is 0 Å². The van der Waals surface area contributed by atoms with Gasteiger partial charge in [-0.1, -0.05) is 27.7 Å². The third-order valence-corrected chi connectivity index (χ3v) is 3.52. The highest BCUT2D eigenvalue weighted by atomic mass is 16.3. The van der Waals surface area contributed by atoms with E-state index in [4.69, 9.17) is 5.11 Å². The fraction of sp³-hybridized carbons (Fsp3) is 1.00. The van der Waals surface area contributed by atoms with Gasteiger partial charge in [-0.25, -0.2) is 0 Å². The molecule has 3 heteroatoms. The van der Waals surface area contributed by atoms with Crippen molar-refractivity contribution in [3.63, 3.8) is 0 Å². The van der Waals surface area contributed by atoms with Gasteiger partial charge >= 0.3 is 0 Å². The maximum absolute atomic E-state index is 9.08. The third kappa shape index (κ3) is 5.84. The van der Waals surface area contributed by atoms with E-state index in [9.17, 15) is 0 Å². The molecule has 17 heavy (non-hydrogen) atoms. The van der Waals surface area contributed by atoms with E-state index in [2.05, 4.69) is 37.9 Å². The van der Waals surface area contributed by atoms with Crippen LogP contribution >= 0.6 is 0 Å². The number of aliphatic hydroxyl groups excluding tert-OH is 1. The zero-order valence-electron chi connectivity index (χ0n) is 12.0. The highest BCUT2D eigenvalue weighted by Gasteiger charge is 2.26. The summed E-state index contributed by atoms with van der Waals surface area (Å²) in [6.07, 6.45) is 2.16. The maximum atomic E-state index is 9.08. The van der Waals surface area contributed by atoms with Crippen LogP contribution in [0.2, 0.25) is 0 Å². The Morgan fingerprint density at radius 3 is 2.53 bits per heavy atom. The number of aliphatic hydroxyl groups is 1. The van der Waals surface area contributed by atoms with Crippen LogP contribution in [0.4, 0.5) is 0 Å². The van der Waals surface area contributed by atoms with Crippen molar-refractivity contribution in [2.24, 2.45) is 11.3 Å². The minimum atomic E-state index is 0.328. The summed E-state index contributed by atoms with van der Waals surface area (Å²) in [4.78, 5) is 2.50. The number of nitrogens with zero attached hydrogens (tertiary/aromatic N) is 1. The molecule has 1 saturated heterocycles. The molecule has 0 bridgehead atoms. The van der Waals surface area contributed by atoms with Crippen molar-refractivity contribution >= 4 is 0 Å². The molecule has 0 aliphatic carbocycles. The molecule has 3 nitrogen and oxygen atoms in total. The number of likely N-dealkylation sites (N-methyl/N-ethyl adjacent to an activating group) is 1. The summed E-state index contributed by atoms with van der Waals surface area (Å²) in [7, 11) is 0. The van der Waals surface area contributed by atoms with E-state index in [-0.39, 0.29) is 0 Å². The summed E-state index contributed by atoms with van der Waals surface area (Å²) in [5.74, 6) is 0.658. The molecule has 1 rings (SSSR count). The van der Waals surface area contributed by atoms with Crippen molar-refractivity contribution in [3.05, 3.63) is 0 Å². The molecule has 102 valence electrons. The molecule has 2 atom stereocenters. The monoisotopic (exact) mass is 242 g/mol. The lowest BCUT2D eigenvalue weighted by Gasteiger charge is -2.38. The fourth-order valence-corrected chi connectivity index (χ4v) is 2.55. The Morgan fingerprint density at radius 2 is 2.00 bits per heavy atom. The van der Waals surface area contributed by atoms with E-state index in [0.717, 1.165) is 32.6 Å². The normalized spacial score (nSPS) is 27.4. The van der Waals surface area contributed by atoms with E-state index in [0.29, 0.717) is 24.0 Å². The van der Waals surface area contributed by atoms with E-state index < -0.39 is 0 Å². The average Bonchev–Trinajstić information content (AvgIpc) is 2.25. The van der Waals surface area contributed by atoms with Crippen LogP contribution in [0.25, 0.3) is 0 Å². The molecule has 0 aromatic rings. The third-order valence-electron chi connectivity index (χ3n) is 3.52. The summed E-state index contributed by atoms with van der Waals surface area (Å²) in [5, 5.41) is 12.8. The Hall–Kier alpha value is -0.120. The van der Waals surface area contributed by atoms with Crippen LogP contribution in [0, 0.1) is 11.3 Å². The Morgan fingerprint density at radius 1 is 1.29 bits per heavy atom. The van der Waals surface area contributed by atoms with Crippen LogP contribution in [0.15, 0.2) is 0 Å². The van der Waals surface area contributed by atoms with Crippen molar-refractivity contribution in [2.75, 3.05) is 32.8 Å². The number of nitrogens with one attached hydrogen (secondary N) is 1. The maximum Gasteiger partial charge on any atom is 0.0434 e. The molecule has 1 fully saturated rings. The molecular weight excluding hydrogens is 212 g/mol. The first-order valence-corrected chi connectivity index (χ1v) is 7.01. The van der Waals surface area contributed by atoms with Gasteiger partial charge in [0, 0.05) is 32.3 Å². The van der Waals surface area contributed by atoms with Gasteiger partial charge in [-0.15, -0.1) is 0 Å². The largest absolute Gasteiger partial charge is 0.396 e. The van der Waals surface area contributed by atoms with E-state index >= 15 is 0 Å². The van der Waals surface area contributed by atoms with Gasteiger partial charge in [0.15, 0.2) is 0 Å². The molecule has 0 amide bonds. The van der Waals surface area contributed by atoms with Gasteiger partial charge in [-0.05, 0) is 30.7 Å². The van der Waals surface area contributed by atoms with E-state index in [1.54, 1.807) is 0 Å². The first kappa shape index (κ1) is 14.9. The van der Waals surface area contributed by atoms with Crippen LogP contribution in [-0.2, 0) is 0 Å². The van der Waals surface area contributed by atoms with Gasteiger partial charge in [0.2, 0.25) is 0 Å². The topological polar surface area (TPSA) is 35.5 Å². The molecule has 0 aromatic carbocycles. The molecule has 0 saturated carbocycles. The van der Waals surface area contributed by atoms with Crippen LogP contribution in [0.5, 0.6) is 0 Å². The van der Waals surface area contributed by atoms with E-state index in [1.165, 1.54) is 6.42 Å². The average molecular weight is 242 g/mol. The lowest BCUT2D eigenvalue weighted by atomic mass is 9.90. The summed E-state index contributed by atoms with van der Waals surface area (Å²) in [6, 6.07) is 0.597. The number of hydrogen-bond donors (Lipinski definition) is 2. The lowest BCUT2D eigenvalue weighted by molar-refractivity contribution is 0.121. The number of rotatable bonds is 5. The van der Waals surface area contributed by atoms with Crippen molar-refractivity contribution in [3.8, 4) is 0 Å². The Labute approximate surface area is 107 Å². The van der Waals surface area contributed by atoms with Crippen molar-refractivity contribution in [1.82, 2.24) is 10.2 Å². The highest BCUT2D eigenvalue weighted by Crippen LogP contribution is 2.20. The van der Waals surface area contributed by atoms with Crippen LogP contribution < -0.4 is 5.32 Å². The van der Waals surface area contributed by atoms with Crippen LogP contribution in [0.1, 0.15) is 40.5 Å². The zero-order chi connectivity index (χ0) is 12.9. The number of likely N-dealkylation sites (tertiary alicyclic amines) is 1. The molecule has 1 aliphatic rings. The standard InChI is InChI=1S/C14H30N2O/c1-5-16-9-12(6-7-17)8-13(10-16)15-11-14(2,3)4/h12-13,15,17H,5-11H2,1-4H3. The predicted molar refractivity (Wildman–Crippen MR) is 73.2 cm³/mol. The van der Waals surface area contributed by atoms with Gasteiger partial charge in [0.1, 0.15) is 0 Å². The van der Waals surface area contributed by atoms with Crippen LogP contribution in [-0.4, -0.2) is 48.8 Å². The molecule has 0 aromatic heterocycles. The van der Waals surface area contributed by atoms with Gasteiger partial charge in [-0.2, -0.15) is 0 Å². The lowest BCUT2D eigenvalue weighted by Crippen LogP contribution is -2.50. The molecule has 1 heterocycles. The molecule has 0 spiro atoms. The molecular formula is C14H30N2O. The second kappa shape index (κ2) is 6.72. The Balaban J connectivity index is 2.42. The van der Waals surface area contributed by atoms with Crippen molar-refractivity contribution < 1.29 is 5.11 Å². The van der Waals surface area contributed by atoms with Crippen LogP contribution in [0.3, 0.4) is 0 Å². The SMILES string of the molecule is CCN1CC(CCO)CC(NCC(C)(C)C)C1. The van der Waals surface area contributed by atoms with Gasteiger partial charge in [0.25, 0.3) is 0 Å². The zero-order valence-corrected chi connectivity index (χ0v) is 12.0. The number of hydrogen-bond acceptors (Lipinski definition) is 3. The summed E-state index contributed by atoms with van der Waals surface area (Å²) >= 11 is 0. The quantitative estimate of drug-likeness (QED) is 0.770. The predicted octanol–water partition coefficient (Wildman–Crippen LogP) is 1.71. The minimum Gasteiger partial charge on any atom is -0.396 e. The molecule has 2 unspecified atom stereocenters. The van der Waals surface area contributed by atoms with Crippen molar-refractivity contribution in [1.29, 1.82) is 0 Å². The molecule has 2 N–H and O–H groups in total. The second-order valence-corrected chi connectivity index (χ2v) is 6.60. The first-order valence-electron chi connectivity index (χ1n) is 7.01. The summed E-state index contributed by atoms with van der Waals surface area (Å²) < 4.78 is 0. The smallest absolute Gasteiger partial charge is 0.0434 e. The molecule has 1 aliphatic heterocycles. The summed E-state index contributed by atoms with van der Waals surface area (Å²) in [6.45, 7) is 13.9. The van der Waals surface area contributed by atoms with Crippen molar-refractivity contribution in [2.45, 2.75) is 46.6 Å². The second-order valence-electron chi connectivity index (χ2n) is 6.60. The Kier molecular flexibility index (Phi) is 5.90. The fourth-order valence-electron chi connectivity index (χ4n) is 2.55. The van der Waals surface area contributed by atoms with Gasteiger partial charge < -0.3 is 15.3 Å². The Bertz CT molecular complexity index is 213. The highest BCUT2D eigenvalue weighted by molar-refractivity contribution is 4.84. The summed E-state index contributed by atoms with van der Waals surface area (Å²) in [5.41, 5.74) is 0.348. The molecule has 0 radical (unpaired) electrons. The van der Waals surface area contributed by atoms with Gasteiger partial charge in [-0.3, -0.25) is 0 Å². The first-order chi connectivity index (χ1) is 7.94. The van der Waals surface area contributed by atoms with E-state index in [1.807, 2.05) is 0 Å². The minimum absolute atomic E-state index is 0.328. The number of piperidine rings is 1.